The number of unbranched alkanes of at least 4 members (excludes halogenated alkanes) is 32. The van der Waals surface area contributed by atoms with Gasteiger partial charge in [0, 0.05) is 12.8 Å². The van der Waals surface area contributed by atoms with Crippen LogP contribution in [-0.2, 0) is 28.6 Å². The van der Waals surface area contributed by atoms with Gasteiger partial charge in [0.05, 0.1) is 6.42 Å². The molecular formula is C61H108O6. The van der Waals surface area contributed by atoms with Crippen molar-refractivity contribution in [1.29, 1.82) is 0 Å². The van der Waals surface area contributed by atoms with Gasteiger partial charge in [0.25, 0.3) is 0 Å². The van der Waals surface area contributed by atoms with Crippen LogP contribution in [0.1, 0.15) is 290 Å². The molecule has 0 radical (unpaired) electrons. The zero-order valence-corrected chi connectivity index (χ0v) is 44.4. The Morgan fingerprint density at radius 3 is 0.910 bits per heavy atom. The fraction of sp³-hybridized carbons (Fsp3) is 0.787. The predicted molar refractivity (Wildman–Crippen MR) is 288 cm³/mol. The van der Waals surface area contributed by atoms with Crippen LogP contribution in [0.3, 0.4) is 0 Å². The van der Waals surface area contributed by atoms with E-state index in [9.17, 15) is 14.4 Å². The normalized spacial score (nSPS) is 12.5. The van der Waals surface area contributed by atoms with Gasteiger partial charge in [-0.05, 0) is 44.9 Å². The molecule has 0 aromatic heterocycles. The zero-order valence-electron chi connectivity index (χ0n) is 44.4. The number of allylic oxidation sites excluding steroid dienone is 9. The van der Waals surface area contributed by atoms with Crippen LogP contribution >= 0.6 is 0 Å². The van der Waals surface area contributed by atoms with Gasteiger partial charge >= 0.3 is 17.9 Å². The third-order valence-electron chi connectivity index (χ3n) is 12.6. The molecule has 1 atom stereocenters. The van der Waals surface area contributed by atoms with E-state index in [1.165, 1.54) is 180 Å². The summed E-state index contributed by atoms with van der Waals surface area (Å²) in [5, 5.41) is 0. The lowest BCUT2D eigenvalue weighted by molar-refractivity contribution is -0.166. The Morgan fingerprint density at radius 1 is 0.313 bits per heavy atom. The maximum absolute atomic E-state index is 12.8. The number of rotatable bonds is 52. The number of hydrogen-bond donors (Lipinski definition) is 0. The van der Waals surface area contributed by atoms with E-state index in [2.05, 4.69) is 69.4 Å². The van der Waals surface area contributed by atoms with Gasteiger partial charge in [-0.2, -0.15) is 0 Å². The van der Waals surface area contributed by atoms with Gasteiger partial charge in [0.2, 0.25) is 0 Å². The quantitative estimate of drug-likeness (QED) is 0.0262. The fourth-order valence-electron chi connectivity index (χ4n) is 8.28. The molecule has 0 fully saturated rings. The van der Waals surface area contributed by atoms with E-state index >= 15 is 0 Å². The predicted octanol–water partition coefficient (Wildman–Crippen LogP) is 19.2. The Morgan fingerprint density at radius 2 is 0.582 bits per heavy atom. The van der Waals surface area contributed by atoms with Crippen molar-refractivity contribution >= 4 is 17.9 Å². The van der Waals surface area contributed by atoms with E-state index in [1.807, 2.05) is 6.08 Å². The van der Waals surface area contributed by atoms with Crippen molar-refractivity contribution in [1.82, 2.24) is 0 Å². The largest absolute Gasteiger partial charge is 0.462 e. The zero-order chi connectivity index (χ0) is 48.6. The maximum Gasteiger partial charge on any atom is 0.309 e. The van der Waals surface area contributed by atoms with Crippen LogP contribution in [-0.4, -0.2) is 37.2 Å². The van der Waals surface area contributed by atoms with Crippen molar-refractivity contribution < 1.29 is 28.6 Å². The van der Waals surface area contributed by atoms with Gasteiger partial charge < -0.3 is 14.2 Å². The van der Waals surface area contributed by atoms with Crippen molar-refractivity contribution in [2.24, 2.45) is 0 Å². The lowest BCUT2D eigenvalue weighted by Crippen LogP contribution is -2.30. The van der Waals surface area contributed by atoms with E-state index in [-0.39, 0.29) is 31.6 Å². The molecule has 0 spiro atoms. The highest BCUT2D eigenvalue weighted by atomic mass is 16.6. The van der Waals surface area contributed by atoms with Crippen molar-refractivity contribution in [2.75, 3.05) is 13.2 Å². The summed E-state index contributed by atoms with van der Waals surface area (Å²) in [6.07, 6.45) is 69.5. The van der Waals surface area contributed by atoms with Crippen LogP contribution < -0.4 is 0 Å². The molecule has 0 aliphatic heterocycles. The molecule has 67 heavy (non-hydrogen) atoms. The van der Waals surface area contributed by atoms with Crippen molar-refractivity contribution in [2.45, 2.75) is 297 Å². The fourth-order valence-corrected chi connectivity index (χ4v) is 8.28. The van der Waals surface area contributed by atoms with Gasteiger partial charge in [-0.25, -0.2) is 0 Å². The summed E-state index contributed by atoms with van der Waals surface area (Å²) in [7, 11) is 0. The molecule has 6 heteroatoms. The number of hydrogen-bond acceptors (Lipinski definition) is 6. The second-order valence-corrected chi connectivity index (χ2v) is 19.2. The summed E-state index contributed by atoms with van der Waals surface area (Å²) in [5.74, 6) is -1.02. The summed E-state index contributed by atoms with van der Waals surface area (Å²) in [4.78, 5) is 38.1. The Hall–Kier alpha value is -2.89. The smallest absolute Gasteiger partial charge is 0.309 e. The van der Waals surface area contributed by atoms with Crippen LogP contribution in [0.5, 0.6) is 0 Å². The minimum atomic E-state index is -0.810. The first kappa shape index (κ1) is 64.1. The van der Waals surface area contributed by atoms with Crippen LogP contribution in [0.15, 0.2) is 60.8 Å². The van der Waals surface area contributed by atoms with E-state index in [0.717, 1.165) is 70.6 Å². The molecule has 388 valence electrons. The van der Waals surface area contributed by atoms with Crippen LogP contribution in [0, 0.1) is 0 Å². The first-order chi connectivity index (χ1) is 33.0. The number of esters is 3. The van der Waals surface area contributed by atoms with E-state index in [0.29, 0.717) is 12.8 Å². The highest BCUT2D eigenvalue weighted by Gasteiger charge is 2.19. The van der Waals surface area contributed by atoms with Gasteiger partial charge in [0.1, 0.15) is 13.2 Å². The molecule has 0 aliphatic carbocycles. The molecule has 0 aliphatic rings. The average molecular weight is 938 g/mol. The highest BCUT2D eigenvalue weighted by molar-refractivity contribution is 5.72. The molecular weight excluding hydrogens is 829 g/mol. The SMILES string of the molecule is CC/C=C\C/C=C\C/C=C\C/C=C\C/C=C\CC(=O)OCC(COC(=O)CCCCCCCCCCCCCCCCCCC)OC(=O)CCCCCCCCCCCCCCCCCCC. The minimum Gasteiger partial charge on any atom is -0.462 e. The van der Waals surface area contributed by atoms with Gasteiger partial charge in [-0.15, -0.1) is 0 Å². The highest BCUT2D eigenvalue weighted by Crippen LogP contribution is 2.17. The Balaban J connectivity index is 4.43. The lowest BCUT2D eigenvalue weighted by atomic mass is 10.0. The standard InChI is InChI=1S/C61H108O6/c1-4-7-10-13-16-19-22-25-28-30-33-36-39-42-45-48-51-54-60(63)66-57-58(56-65-59(62)53-50-47-44-41-38-35-32-27-24-21-18-15-12-9-6-3)67-61(64)55-52-49-46-43-40-37-34-31-29-26-23-20-17-14-11-8-5-2/h9,12,18,21,27,32,38,41,47,50,58H,4-8,10-11,13-17,19-20,22-26,28-31,33-37,39-40,42-46,48-49,51-57H2,1-3H3/b12-9-,21-18-,32-27-,41-38-,50-47-. The lowest BCUT2D eigenvalue weighted by Gasteiger charge is -2.18. The summed E-state index contributed by atoms with van der Waals surface area (Å²) >= 11 is 0. The van der Waals surface area contributed by atoms with E-state index in [4.69, 9.17) is 14.2 Å². The van der Waals surface area contributed by atoms with Crippen LogP contribution in [0.2, 0.25) is 0 Å². The molecule has 0 aromatic carbocycles. The number of carbonyl (C=O) groups excluding carboxylic acids is 3. The monoisotopic (exact) mass is 937 g/mol. The average Bonchev–Trinajstić information content (AvgIpc) is 3.33. The summed E-state index contributed by atoms with van der Waals surface area (Å²) in [5.41, 5.74) is 0. The minimum absolute atomic E-state index is 0.0997. The molecule has 1 unspecified atom stereocenters. The molecule has 0 saturated heterocycles. The molecule has 0 N–H and O–H groups in total. The van der Waals surface area contributed by atoms with Gasteiger partial charge in [-0.3, -0.25) is 14.4 Å². The molecule has 0 aromatic rings. The van der Waals surface area contributed by atoms with Crippen LogP contribution in [0.4, 0.5) is 0 Å². The molecule has 6 nitrogen and oxygen atoms in total. The Kier molecular flexibility index (Phi) is 53.3. The van der Waals surface area contributed by atoms with Gasteiger partial charge in [-0.1, -0.05) is 287 Å². The number of ether oxygens (including phenoxy) is 3. The van der Waals surface area contributed by atoms with Crippen LogP contribution in [0.25, 0.3) is 0 Å². The third-order valence-corrected chi connectivity index (χ3v) is 12.6. The van der Waals surface area contributed by atoms with E-state index < -0.39 is 12.1 Å². The molecule has 0 saturated carbocycles. The van der Waals surface area contributed by atoms with Crippen molar-refractivity contribution in [3.8, 4) is 0 Å². The van der Waals surface area contributed by atoms with Crippen molar-refractivity contribution in [3.63, 3.8) is 0 Å². The molecule has 0 amide bonds. The topological polar surface area (TPSA) is 78.9 Å². The van der Waals surface area contributed by atoms with Crippen molar-refractivity contribution in [3.05, 3.63) is 60.8 Å². The Bertz CT molecular complexity index is 1210. The molecule has 0 bridgehead atoms. The first-order valence-electron chi connectivity index (χ1n) is 28.8. The third kappa shape index (κ3) is 53.9. The Labute approximate surface area is 415 Å². The van der Waals surface area contributed by atoms with Gasteiger partial charge in [0.15, 0.2) is 6.10 Å². The molecule has 0 heterocycles. The van der Waals surface area contributed by atoms with E-state index in [1.54, 1.807) is 6.08 Å². The summed E-state index contributed by atoms with van der Waals surface area (Å²) < 4.78 is 16.8. The number of carbonyl (C=O) groups is 3. The first-order valence-corrected chi connectivity index (χ1v) is 28.8. The maximum atomic E-state index is 12.8. The second-order valence-electron chi connectivity index (χ2n) is 19.2. The molecule has 0 rings (SSSR count). The second kappa shape index (κ2) is 55.7. The summed E-state index contributed by atoms with van der Waals surface area (Å²) in [6.45, 7) is 6.48. The summed E-state index contributed by atoms with van der Waals surface area (Å²) in [6, 6.07) is 0.